The van der Waals surface area contributed by atoms with E-state index in [0.29, 0.717) is 6.04 Å². The fourth-order valence-corrected chi connectivity index (χ4v) is 5.33. The summed E-state index contributed by atoms with van der Waals surface area (Å²) in [5.74, 6) is 0. The summed E-state index contributed by atoms with van der Waals surface area (Å²) in [6, 6.07) is 4.81. The van der Waals surface area contributed by atoms with Gasteiger partial charge in [0.05, 0.1) is 22.7 Å². The largest absolute Gasteiger partial charge is 0.369 e. The topological polar surface area (TPSA) is 39.1 Å². The van der Waals surface area contributed by atoms with Crippen LogP contribution in [0.1, 0.15) is 41.9 Å². The van der Waals surface area contributed by atoms with Crippen LogP contribution in [0.3, 0.4) is 0 Å². The van der Waals surface area contributed by atoms with E-state index in [2.05, 4.69) is 29.5 Å². The first kappa shape index (κ1) is 14.7. The molecule has 4 nitrogen and oxygen atoms in total. The number of aryl methyl sites for hydroxylation is 1. The standard InChI is InChI=1S/C16H20ClN3OS/c1-10-8-16(9-13(18-10)12-3-5-20(2)19-12)15-11(4-6-21-16)7-14(17)22-15/h3,5,7,10,13,18H,4,6,8-9H2,1-2H3/t10-,13-,16-/m0/s1. The predicted octanol–water partition coefficient (Wildman–Crippen LogP) is 3.42. The van der Waals surface area contributed by atoms with E-state index in [1.807, 2.05) is 17.9 Å². The maximum Gasteiger partial charge on any atom is 0.106 e. The first-order chi connectivity index (χ1) is 10.6. The van der Waals surface area contributed by atoms with E-state index >= 15 is 0 Å². The van der Waals surface area contributed by atoms with Crippen LogP contribution in [0.25, 0.3) is 0 Å². The van der Waals surface area contributed by atoms with Crippen molar-refractivity contribution in [3.05, 3.63) is 38.8 Å². The fraction of sp³-hybridized carbons (Fsp3) is 0.562. The van der Waals surface area contributed by atoms with Crippen LogP contribution in [0.5, 0.6) is 0 Å². The molecule has 1 saturated heterocycles. The SMILES string of the molecule is C[C@H]1C[C@@]2(C[C@@H](c3ccn(C)n3)N1)OCCc1cc(Cl)sc12. The zero-order valence-corrected chi connectivity index (χ0v) is 14.4. The molecular formula is C16H20ClN3OS. The molecule has 0 saturated carbocycles. The van der Waals surface area contributed by atoms with E-state index in [1.54, 1.807) is 11.3 Å². The number of nitrogens with zero attached hydrogens (tertiary/aromatic N) is 2. The number of fused-ring (bicyclic) bond motifs is 2. The highest BCUT2D eigenvalue weighted by molar-refractivity contribution is 7.16. The maximum absolute atomic E-state index is 6.35. The Hall–Kier alpha value is -0.880. The molecule has 2 aliphatic heterocycles. The Morgan fingerprint density at radius 1 is 1.50 bits per heavy atom. The maximum atomic E-state index is 6.35. The van der Waals surface area contributed by atoms with Crippen molar-refractivity contribution in [3.63, 3.8) is 0 Å². The van der Waals surface area contributed by atoms with Crippen molar-refractivity contribution in [1.82, 2.24) is 15.1 Å². The van der Waals surface area contributed by atoms with E-state index in [0.717, 1.165) is 35.9 Å². The second kappa shape index (κ2) is 5.34. The summed E-state index contributed by atoms with van der Waals surface area (Å²) in [6.07, 6.45) is 4.87. The zero-order valence-electron chi connectivity index (χ0n) is 12.8. The number of thiophene rings is 1. The molecule has 4 heterocycles. The van der Waals surface area contributed by atoms with Gasteiger partial charge in [0.2, 0.25) is 0 Å². The molecular weight excluding hydrogens is 318 g/mol. The van der Waals surface area contributed by atoms with E-state index in [-0.39, 0.29) is 11.6 Å². The van der Waals surface area contributed by atoms with Crippen molar-refractivity contribution in [2.45, 2.75) is 43.9 Å². The van der Waals surface area contributed by atoms with Crippen molar-refractivity contribution < 1.29 is 4.74 Å². The number of halogens is 1. The summed E-state index contributed by atoms with van der Waals surface area (Å²) in [4.78, 5) is 1.33. The molecule has 0 aliphatic carbocycles. The molecule has 4 rings (SSSR count). The Labute approximate surface area is 139 Å². The van der Waals surface area contributed by atoms with Gasteiger partial charge in [0, 0.05) is 30.6 Å². The number of rotatable bonds is 1. The quantitative estimate of drug-likeness (QED) is 0.866. The molecule has 6 heteroatoms. The Morgan fingerprint density at radius 2 is 2.36 bits per heavy atom. The van der Waals surface area contributed by atoms with Crippen LogP contribution < -0.4 is 5.32 Å². The molecule has 22 heavy (non-hydrogen) atoms. The molecule has 1 fully saturated rings. The van der Waals surface area contributed by atoms with E-state index in [9.17, 15) is 0 Å². The highest BCUT2D eigenvalue weighted by atomic mass is 35.5. The summed E-state index contributed by atoms with van der Waals surface area (Å²) in [7, 11) is 1.96. The predicted molar refractivity (Wildman–Crippen MR) is 88.4 cm³/mol. The van der Waals surface area contributed by atoms with Crippen molar-refractivity contribution in [3.8, 4) is 0 Å². The first-order valence-corrected chi connectivity index (χ1v) is 8.93. The van der Waals surface area contributed by atoms with E-state index < -0.39 is 0 Å². The van der Waals surface area contributed by atoms with Gasteiger partial charge in [-0.1, -0.05) is 11.6 Å². The Balaban J connectivity index is 1.72. The Bertz CT molecular complexity index is 697. The normalized spacial score (nSPS) is 31.4. The molecule has 2 aliphatic rings. The third-order valence-electron chi connectivity index (χ3n) is 4.69. The number of hydrogen-bond donors (Lipinski definition) is 1. The average molecular weight is 338 g/mol. The molecule has 3 atom stereocenters. The monoisotopic (exact) mass is 337 g/mol. The molecule has 0 bridgehead atoms. The zero-order chi connectivity index (χ0) is 15.3. The van der Waals surface area contributed by atoms with Crippen LogP contribution in [0.2, 0.25) is 4.34 Å². The third kappa shape index (κ3) is 2.40. The van der Waals surface area contributed by atoms with Crippen LogP contribution in [0.15, 0.2) is 18.3 Å². The summed E-state index contributed by atoms with van der Waals surface area (Å²) >= 11 is 7.97. The second-order valence-corrected chi connectivity index (χ2v) is 8.12. The van der Waals surface area contributed by atoms with Gasteiger partial charge < -0.3 is 10.1 Å². The van der Waals surface area contributed by atoms with Crippen molar-refractivity contribution >= 4 is 22.9 Å². The summed E-state index contributed by atoms with van der Waals surface area (Å²) in [6.45, 7) is 3.01. The molecule has 2 aromatic rings. The van der Waals surface area contributed by atoms with Gasteiger partial charge in [-0.15, -0.1) is 11.3 Å². The molecule has 1 N–H and O–H groups in total. The van der Waals surface area contributed by atoms with E-state index in [1.165, 1.54) is 10.4 Å². The van der Waals surface area contributed by atoms with Gasteiger partial charge in [-0.3, -0.25) is 4.68 Å². The lowest BCUT2D eigenvalue weighted by Crippen LogP contribution is -2.49. The second-order valence-electron chi connectivity index (χ2n) is 6.44. The smallest absolute Gasteiger partial charge is 0.106 e. The average Bonchev–Trinajstić information content (AvgIpc) is 3.04. The van der Waals surface area contributed by atoms with Crippen LogP contribution in [-0.2, 0) is 23.8 Å². The number of ether oxygens (including phenoxy) is 1. The van der Waals surface area contributed by atoms with Gasteiger partial charge in [-0.05, 0) is 37.5 Å². The van der Waals surface area contributed by atoms with Crippen LogP contribution in [0, 0.1) is 0 Å². The van der Waals surface area contributed by atoms with Crippen molar-refractivity contribution in [2.24, 2.45) is 7.05 Å². The molecule has 0 amide bonds. The van der Waals surface area contributed by atoms with Crippen LogP contribution in [-0.4, -0.2) is 22.4 Å². The molecule has 118 valence electrons. The van der Waals surface area contributed by atoms with Gasteiger partial charge in [-0.25, -0.2) is 0 Å². The Morgan fingerprint density at radius 3 is 3.14 bits per heavy atom. The van der Waals surface area contributed by atoms with Gasteiger partial charge >= 0.3 is 0 Å². The molecule has 0 aromatic carbocycles. The lowest BCUT2D eigenvalue weighted by atomic mass is 9.79. The van der Waals surface area contributed by atoms with Gasteiger partial charge in [0.25, 0.3) is 0 Å². The van der Waals surface area contributed by atoms with Gasteiger partial charge in [0.15, 0.2) is 0 Å². The van der Waals surface area contributed by atoms with Gasteiger partial charge in [-0.2, -0.15) is 5.10 Å². The van der Waals surface area contributed by atoms with Crippen LogP contribution >= 0.6 is 22.9 Å². The number of aromatic nitrogens is 2. The fourth-order valence-electron chi connectivity index (χ4n) is 3.87. The minimum Gasteiger partial charge on any atom is -0.369 e. The minimum absolute atomic E-state index is 0.210. The minimum atomic E-state index is -0.210. The summed E-state index contributed by atoms with van der Waals surface area (Å²) < 4.78 is 9.08. The third-order valence-corrected chi connectivity index (χ3v) is 6.18. The number of hydrogen-bond acceptors (Lipinski definition) is 4. The van der Waals surface area contributed by atoms with Crippen molar-refractivity contribution in [1.29, 1.82) is 0 Å². The molecule has 0 unspecified atom stereocenters. The molecule has 1 spiro atoms. The molecule has 2 aromatic heterocycles. The highest BCUT2D eigenvalue weighted by Crippen LogP contribution is 2.49. The first-order valence-electron chi connectivity index (χ1n) is 7.74. The highest BCUT2D eigenvalue weighted by Gasteiger charge is 2.46. The number of piperidine rings is 1. The van der Waals surface area contributed by atoms with Crippen molar-refractivity contribution in [2.75, 3.05) is 6.61 Å². The van der Waals surface area contributed by atoms with E-state index in [4.69, 9.17) is 16.3 Å². The number of nitrogens with one attached hydrogen (secondary N) is 1. The lowest BCUT2D eigenvalue weighted by Gasteiger charge is -2.45. The lowest BCUT2D eigenvalue weighted by molar-refractivity contribution is -0.0958. The Kier molecular flexibility index (Phi) is 3.57. The summed E-state index contributed by atoms with van der Waals surface area (Å²) in [5.41, 5.74) is 2.25. The molecule has 0 radical (unpaired) electrons. The summed E-state index contributed by atoms with van der Waals surface area (Å²) in [5, 5.41) is 8.25. The van der Waals surface area contributed by atoms with Gasteiger partial charge in [0.1, 0.15) is 5.60 Å². The van der Waals surface area contributed by atoms with Crippen LogP contribution in [0.4, 0.5) is 0 Å².